The zero-order chi connectivity index (χ0) is 18.1. The van der Waals surface area contributed by atoms with Gasteiger partial charge in [0.15, 0.2) is 5.69 Å². The number of nitrogens with zero attached hydrogens (tertiary/aromatic N) is 3. The largest absolute Gasteiger partial charge is 0.493 e. The van der Waals surface area contributed by atoms with Crippen LogP contribution >= 0.6 is 11.6 Å². The van der Waals surface area contributed by atoms with Crippen LogP contribution in [0.3, 0.4) is 0 Å². The quantitative estimate of drug-likeness (QED) is 0.768. The first-order chi connectivity index (χ1) is 12.6. The van der Waals surface area contributed by atoms with Crippen LogP contribution in [0.1, 0.15) is 34.2 Å². The van der Waals surface area contributed by atoms with Crippen LogP contribution in [0.4, 0.5) is 0 Å². The van der Waals surface area contributed by atoms with Crippen molar-refractivity contribution in [2.24, 2.45) is 0 Å². The van der Waals surface area contributed by atoms with Crippen LogP contribution in [-0.4, -0.2) is 27.5 Å². The Morgan fingerprint density at radius 2 is 2.12 bits per heavy atom. The summed E-state index contributed by atoms with van der Waals surface area (Å²) in [6.07, 6.45) is 0.713. The number of aromatic nitrogens is 3. The molecule has 2 heterocycles. The molecule has 132 valence electrons. The monoisotopic (exact) mass is 368 g/mol. The first kappa shape index (κ1) is 16.6. The molecule has 1 aromatic heterocycles. The molecule has 26 heavy (non-hydrogen) atoms. The summed E-state index contributed by atoms with van der Waals surface area (Å²) in [5.74, 6) is 0.556. The van der Waals surface area contributed by atoms with Crippen molar-refractivity contribution in [2.75, 3.05) is 6.61 Å². The highest BCUT2D eigenvalue weighted by molar-refractivity contribution is 6.30. The molecule has 0 saturated carbocycles. The molecule has 6 nitrogen and oxygen atoms in total. The maximum atomic E-state index is 12.8. The lowest BCUT2D eigenvalue weighted by molar-refractivity contribution is 0.0919. The standard InChI is InChI=1S/C19H17ClN4O2/c1-12-18(22-23-24(12)14-6-4-5-13(20)11-14)19(25)21-16-9-10-26-17-8-3-2-7-15(16)17/h2-8,11,16H,9-10H2,1H3,(H,21,25). The van der Waals surface area contributed by atoms with Gasteiger partial charge in [-0.25, -0.2) is 4.68 Å². The molecule has 7 heteroatoms. The van der Waals surface area contributed by atoms with Crippen LogP contribution < -0.4 is 10.1 Å². The zero-order valence-electron chi connectivity index (χ0n) is 14.1. The van der Waals surface area contributed by atoms with Gasteiger partial charge in [-0.2, -0.15) is 0 Å². The second-order valence-corrected chi connectivity index (χ2v) is 6.55. The average Bonchev–Trinajstić information content (AvgIpc) is 3.03. The van der Waals surface area contributed by atoms with E-state index in [1.165, 1.54) is 0 Å². The van der Waals surface area contributed by atoms with Crippen LogP contribution in [0.15, 0.2) is 48.5 Å². The number of halogens is 1. The fourth-order valence-electron chi connectivity index (χ4n) is 3.11. The van der Waals surface area contributed by atoms with Crippen LogP contribution in [0.25, 0.3) is 5.69 Å². The molecule has 0 bridgehead atoms. The first-order valence-electron chi connectivity index (χ1n) is 8.34. The maximum absolute atomic E-state index is 12.8. The minimum absolute atomic E-state index is 0.108. The minimum atomic E-state index is -0.252. The van der Waals surface area contributed by atoms with Crippen molar-refractivity contribution < 1.29 is 9.53 Å². The number of fused-ring (bicyclic) bond motifs is 1. The van der Waals surface area contributed by atoms with Gasteiger partial charge < -0.3 is 10.1 Å². The third kappa shape index (κ3) is 3.04. The smallest absolute Gasteiger partial charge is 0.274 e. The highest BCUT2D eigenvalue weighted by Crippen LogP contribution is 2.31. The van der Waals surface area contributed by atoms with Gasteiger partial charge in [0.2, 0.25) is 0 Å². The molecule has 1 amide bonds. The number of ether oxygens (including phenoxy) is 1. The second-order valence-electron chi connectivity index (χ2n) is 6.12. The molecular weight excluding hydrogens is 352 g/mol. The number of rotatable bonds is 3. The predicted octanol–water partition coefficient (Wildman–Crippen LogP) is 3.48. The summed E-state index contributed by atoms with van der Waals surface area (Å²) in [7, 11) is 0. The molecule has 0 saturated heterocycles. The Morgan fingerprint density at radius 1 is 1.27 bits per heavy atom. The lowest BCUT2D eigenvalue weighted by atomic mass is 10.0. The van der Waals surface area contributed by atoms with Crippen molar-refractivity contribution in [3.05, 3.63) is 70.5 Å². The van der Waals surface area contributed by atoms with Gasteiger partial charge in [-0.3, -0.25) is 4.79 Å². The zero-order valence-corrected chi connectivity index (χ0v) is 14.9. The molecule has 0 aliphatic carbocycles. The van der Waals surface area contributed by atoms with Crippen molar-refractivity contribution in [1.82, 2.24) is 20.3 Å². The summed E-state index contributed by atoms with van der Waals surface area (Å²) < 4.78 is 7.25. The van der Waals surface area contributed by atoms with E-state index in [9.17, 15) is 4.79 Å². The van der Waals surface area contributed by atoms with Crippen molar-refractivity contribution >= 4 is 17.5 Å². The van der Waals surface area contributed by atoms with Gasteiger partial charge in [0.05, 0.1) is 24.0 Å². The number of para-hydroxylation sites is 1. The summed E-state index contributed by atoms with van der Waals surface area (Å²) in [5, 5.41) is 11.8. The molecule has 0 fully saturated rings. The number of carbonyl (C=O) groups excluding carboxylic acids is 1. The Hall–Kier alpha value is -2.86. The van der Waals surface area contributed by atoms with Gasteiger partial charge in [-0.15, -0.1) is 5.10 Å². The topological polar surface area (TPSA) is 69.0 Å². The molecule has 1 N–H and O–H groups in total. The highest BCUT2D eigenvalue weighted by atomic mass is 35.5. The van der Waals surface area contributed by atoms with Crippen LogP contribution in [0, 0.1) is 6.92 Å². The van der Waals surface area contributed by atoms with E-state index in [1.54, 1.807) is 16.8 Å². The molecular formula is C19H17ClN4O2. The molecule has 0 radical (unpaired) electrons. The fourth-order valence-corrected chi connectivity index (χ4v) is 3.30. The molecule has 3 aromatic rings. The van der Waals surface area contributed by atoms with Crippen LogP contribution in [0.5, 0.6) is 5.75 Å². The van der Waals surface area contributed by atoms with Gasteiger partial charge in [0, 0.05) is 17.0 Å². The second kappa shape index (κ2) is 6.80. The predicted molar refractivity (Wildman–Crippen MR) is 97.9 cm³/mol. The lowest BCUT2D eigenvalue weighted by Crippen LogP contribution is -2.32. The van der Waals surface area contributed by atoms with Crippen molar-refractivity contribution in [3.63, 3.8) is 0 Å². The first-order valence-corrected chi connectivity index (χ1v) is 8.72. The Labute approximate surface area is 155 Å². The van der Waals surface area contributed by atoms with Gasteiger partial charge in [-0.1, -0.05) is 41.1 Å². The van der Waals surface area contributed by atoms with Gasteiger partial charge in [-0.05, 0) is 31.2 Å². The SMILES string of the molecule is Cc1c(C(=O)NC2CCOc3ccccc32)nnn1-c1cccc(Cl)c1. The number of amides is 1. The van der Waals surface area contributed by atoms with Crippen molar-refractivity contribution in [1.29, 1.82) is 0 Å². The number of hydrogen-bond acceptors (Lipinski definition) is 4. The number of carbonyl (C=O) groups is 1. The van der Waals surface area contributed by atoms with Crippen LogP contribution in [0.2, 0.25) is 5.02 Å². The number of hydrogen-bond donors (Lipinski definition) is 1. The van der Waals surface area contributed by atoms with E-state index in [-0.39, 0.29) is 11.9 Å². The fraction of sp³-hybridized carbons (Fsp3) is 0.211. The average molecular weight is 369 g/mol. The summed E-state index contributed by atoms with van der Waals surface area (Å²) in [4.78, 5) is 12.8. The molecule has 0 spiro atoms. The number of benzene rings is 2. The Morgan fingerprint density at radius 3 is 2.96 bits per heavy atom. The molecule has 1 aliphatic rings. The van der Waals surface area contributed by atoms with Gasteiger partial charge >= 0.3 is 0 Å². The molecule has 1 aliphatic heterocycles. The normalized spacial score (nSPS) is 15.8. The van der Waals surface area contributed by atoms with Crippen LogP contribution in [-0.2, 0) is 0 Å². The molecule has 1 unspecified atom stereocenters. The lowest BCUT2D eigenvalue weighted by Gasteiger charge is -2.26. The van der Waals surface area contributed by atoms with E-state index in [4.69, 9.17) is 16.3 Å². The third-order valence-electron chi connectivity index (χ3n) is 4.43. The Bertz CT molecular complexity index is 970. The molecule has 2 aromatic carbocycles. The van der Waals surface area contributed by atoms with E-state index in [0.29, 0.717) is 29.4 Å². The maximum Gasteiger partial charge on any atom is 0.274 e. The van der Waals surface area contributed by atoms with Crippen molar-refractivity contribution in [3.8, 4) is 11.4 Å². The summed E-state index contributed by atoms with van der Waals surface area (Å²) in [6, 6.07) is 14.9. The molecule has 4 rings (SSSR count). The van der Waals surface area contributed by atoms with E-state index < -0.39 is 0 Å². The Balaban J connectivity index is 1.59. The Kier molecular flexibility index (Phi) is 4.34. The van der Waals surface area contributed by atoms with Crippen molar-refractivity contribution in [2.45, 2.75) is 19.4 Å². The van der Waals surface area contributed by atoms with E-state index in [2.05, 4.69) is 15.6 Å². The number of nitrogens with one attached hydrogen (secondary N) is 1. The van der Waals surface area contributed by atoms with E-state index in [1.807, 2.05) is 43.3 Å². The van der Waals surface area contributed by atoms with E-state index in [0.717, 1.165) is 17.0 Å². The van der Waals surface area contributed by atoms with Gasteiger partial charge in [0.25, 0.3) is 5.91 Å². The summed E-state index contributed by atoms with van der Waals surface area (Å²) in [5.41, 5.74) is 2.70. The highest BCUT2D eigenvalue weighted by Gasteiger charge is 2.25. The minimum Gasteiger partial charge on any atom is -0.493 e. The summed E-state index contributed by atoms with van der Waals surface area (Å²) in [6.45, 7) is 2.38. The summed E-state index contributed by atoms with van der Waals surface area (Å²) >= 11 is 6.04. The van der Waals surface area contributed by atoms with E-state index >= 15 is 0 Å². The third-order valence-corrected chi connectivity index (χ3v) is 4.66. The van der Waals surface area contributed by atoms with Gasteiger partial charge in [0.1, 0.15) is 5.75 Å². The molecule has 1 atom stereocenters.